The van der Waals surface area contributed by atoms with Gasteiger partial charge in [-0.15, -0.1) is 10.2 Å². The first kappa shape index (κ1) is 19.6. The molecule has 0 saturated carbocycles. The fraction of sp³-hybridized carbons (Fsp3) is 0.455. The van der Waals surface area contributed by atoms with Crippen LogP contribution in [0.3, 0.4) is 0 Å². The molecule has 5 rings (SSSR count). The van der Waals surface area contributed by atoms with E-state index in [2.05, 4.69) is 15.4 Å². The Balaban J connectivity index is 1.24. The van der Waals surface area contributed by atoms with Crippen molar-refractivity contribution >= 4 is 5.91 Å². The minimum Gasteiger partial charge on any atom is -0.454 e. The van der Waals surface area contributed by atoms with Crippen LogP contribution in [0.15, 0.2) is 27.1 Å². The second-order valence-corrected chi connectivity index (χ2v) is 8.00. The quantitative estimate of drug-likeness (QED) is 0.614. The Hall–Kier alpha value is -3.36. The van der Waals surface area contributed by atoms with Gasteiger partial charge in [0.15, 0.2) is 11.5 Å². The van der Waals surface area contributed by atoms with Crippen LogP contribution in [0.4, 0.5) is 0 Å². The third kappa shape index (κ3) is 3.87. The van der Waals surface area contributed by atoms with Gasteiger partial charge in [-0.05, 0) is 51.3 Å². The number of amides is 1. The van der Waals surface area contributed by atoms with Gasteiger partial charge in [0.25, 0.3) is 0 Å². The van der Waals surface area contributed by atoms with Crippen LogP contribution in [0, 0.1) is 13.8 Å². The van der Waals surface area contributed by atoms with Gasteiger partial charge in [-0.25, -0.2) is 0 Å². The summed E-state index contributed by atoms with van der Waals surface area (Å²) in [7, 11) is 0. The average molecular weight is 424 g/mol. The molecule has 162 valence electrons. The zero-order valence-corrected chi connectivity index (χ0v) is 17.6. The first-order valence-electron chi connectivity index (χ1n) is 10.5. The largest absolute Gasteiger partial charge is 0.454 e. The van der Waals surface area contributed by atoms with Crippen LogP contribution in [0.5, 0.6) is 11.5 Å². The molecule has 3 aromatic rings. The SMILES string of the molecule is Cc1noc(C)c1CCC(=O)N1CCCC(c2nnc(-c3ccc4c(c3)OCO4)o2)C1. The van der Waals surface area contributed by atoms with Crippen molar-refractivity contribution in [3.8, 4) is 23.0 Å². The fourth-order valence-corrected chi connectivity index (χ4v) is 4.20. The van der Waals surface area contributed by atoms with Crippen LogP contribution < -0.4 is 9.47 Å². The molecule has 1 unspecified atom stereocenters. The first-order valence-corrected chi connectivity index (χ1v) is 10.5. The molecule has 2 aromatic heterocycles. The topological polar surface area (TPSA) is 104 Å². The number of piperidine rings is 1. The maximum atomic E-state index is 12.8. The number of carbonyl (C=O) groups excluding carboxylic acids is 1. The van der Waals surface area contributed by atoms with Crippen LogP contribution >= 0.6 is 0 Å². The average Bonchev–Trinajstić information content (AvgIpc) is 3.52. The van der Waals surface area contributed by atoms with Gasteiger partial charge < -0.3 is 23.3 Å². The highest BCUT2D eigenvalue weighted by molar-refractivity contribution is 5.76. The number of aromatic nitrogens is 3. The highest BCUT2D eigenvalue weighted by Crippen LogP contribution is 2.36. The molecule has 0 radical (unpaired) electrons. The highest BCUT2D eigenvalue weighted by atomic mass is 16.7. The van der Waals surface area contributed by atoms with E-state index in [1.54, 1.807) is 0 Å². The second-order valence-electron chi connectivity index (χ2n) is 8.00. The smallest absolute Gasteiger partial charge is 0.247 e. The molecule has 9 nitrogen and oxygen atoms in total. The lowest BCUT2D eigenvalue weighted by molar-refractivity contribution is -0.132. The van der Waals surface area contributed by atoms with Crippen molar-refractivity contribution in [3.63, 3.8) is 0 Å². The maximum Gasteiger partial charge on any atom is 0.247 e. The zero-order chi connectivity index (χ0) is 21.4. The molecule has 2 aliphatic heterocycles. The second kappa shape index (κ2) is 8.05. The standard InChI is InChI=1S/C22H24N4O5/c1-13-17(14(2)31-25-13)6-8-20(27)26-9-3-4-16(11-26)22-24-23-21(30-22)15-5-7-18-19(10-15)29-12-28-18/h5,7,10,16H,3-4,6,8-9,11-12H2,1-2H3. The van der Waals surface area contributed by atoms with Crippen molar-refractivity contribution < 1.29 is 23.2 Å². The van der Waals surface area contributed by atoms with Crippen LogP contribution in [0.1, 0.15) is 48.1 Å². The first-order chi connectivity index (χ1) is 15.1. The van der Waals surface area contributed by atoms with E-state index in [-0.39, 0.29) is 18.6 Å². The summed E-state index contributed by atoms with van der Waals surface area (Å²) in [6, 6.07) is 5.54. The van der Waals surface area contributed by atoms with E-state index >= 15 is 0 Å². The normalized spacial score (nSPS) is 17.9. The lowest BCUT2D eigenvalue weighted by atomic mass is 9.97. The minimum absolute atomic E-state index is 0.0343. The summed E-state index contributed by atoms with van der Waals surface area (Å²) in [5.41, 5.74) is 2.65. The number of nitrogens with zero attached hydrogens (tertiary/aromatic N) is 4. The van der Waals surface area contributed by atoms with Gasteiger partial charge in [-0.2, -0.15) is 0 Å². The van der Waals surface area contributed by atoms with Gasteiger partial charge in [-0.3, -0.25) is 4.79 Å². The number of hydrogen-bond donors (Lipinski definition) is 0. The molecular weight excluding hydrogens is 400 g/mol. The third-order valence-corrected chi connectivity index (χ3v) is 5.95. The number of benzene rings is 1. The van der Waals surface area contributed by atoms with Gasteiger partial charge in [0.1, 0.15) is 5.76 Å². The Morgan fingerprint density at radius 2 is 2.06 bits per heavy atom. The van der Waals surface area contributed by atoms with E-state index in [4.69, 9.17) is 18.4 Å². The number of hydrogen-bond acceptors (Lipinski definition) is 8. The molecule has 0 bridgehead atoms. The lowest BCUT2D eigenvalue weighted by Crippen LogP contribution is -2.39. The van der Waals surface area contributed by atoms with Crippen LogP contribution in [-0.2, 0) is 11.2 Å². The number of aryl methyl sites for hydroxylation is 2. The molecule has 0 spiro atoms. The zero-order valence-electron chi connectivity index (χ0n) is 17.6. The van der Waals surface area contributed by atoms with E-state index in [1.807, 2.05) is 36.9 Å². The van der Waals surface area contributed by atoms with Crippen molar-refractivity contribution in [2.45, 2.75) is 45.4 Å². The molecule has 9 heteroatoms. The molecule has 2 aliphatic rings. The number of carbonyl (C=O) groups is 1. The van der Waals surface area contributed by atoms with Gasteiger partial charge in [-0.1, -0.05) is 5.16 Å². The van der Waals surface area contributed by atoms with Crippen LogP contribution in [-0.4, -0.2) is 46.0 Å². The molecule has 1 fully saturated rings. The molecule has 0 aliphatic carbocycles. The Kier molecular flexibility index (Phi) is 5.09. The minimum atomic E-state index is 0.0343. The van der Waals surface area contributed by atoms with E-state index in [1.165, 1.54) is 0 Å². The molecular formula is C22H24N4O5. The number of rotatable bonds is 5. The summed E-state index contributed by atoms with van der Waals surface area (Å²) in [6.07, 6.45) is 2.89. The summed E-state index contributed by atoms with van der Waals surface area (Å²) < 4.78 is 21.9. The fourth-order valence-electron chi connectivity index (χ4n) is 4.20. The predicted molar refractivity (Wildman–Crippen MR) is 109 cm³/mol. The van der Waals surface area contributed by atoms with E-state index in [0.29, 0.717) is 42.7 Å². The summed E-state index contributed by atoms with van der Waals surface area (Å²) in [5, 5.41) is 12.4. The van der Waals surface area contributed by atoms with Crippen molar-refractivity contribution in [2.75, 3.05) is 19.9 Å². The Labute approximate surface area is 179 Å². The molecule has 1 amide bonds. The number of ether oxygens (including phenoxy) is 2. The Morgan fingerprint density at radius 3 is 2.90 bits per heavy atom. The molecule has 0 N–H and O–H groups in total. The van der Waals surface area contributed by atoms with Crippen molar-refractivity contribution in [1.82, 2.24) is 20.3 Å². The number of fused-ring (bicyclic) bond motifs is 1. The van der Waals surface area contributed by atoms with Crippen molar-refractivity contribution in [3.05, 3.63) is 41.1 Å². The van der Waals surface area contributed by atoms with Gasteiger partial charge in [0, 0.05) is 30.6 Å². The Bertz CT molecular complexity index is 1090. The van der Waals surface area contributed by atoms with Crippen molar-refractivity contribution in [1.29, 1.82) is 0 Å². The molecule has 1 saturated heterocycles. The summed E-state index contributed by atoms with van der Waals surface area (Å²) in [6.45, 7) is 5.34. The molecule has 1 atom stereocenters. The lowest BCUT2D eigenvalue weighted by Gasteiger charge is -2.31. The molecule has 4 heterocycles. The van der Waals surface area contributed by atoms with E-state index in [0.717, 1.165) is 42.0 Å². The Morgan fingerprint density at radius 1 is 1.19 bits per heavy atom. The van der Waals surface area contributed by atoms with E-state index < -0.39 is 0 Å². The molecule has 31 heavy (non-hydrogen) atoms. The number of likely N-dealkylation sites (tertiary alicyclic amines) is 1. The van der Waals surface area contributed by atoms with Crippen LogP contribution in [0.2, 0.25) is 0 Å². The van der Waals surface area contributed by atoms with Gasteiger partial charge in [0.2, 0.25) is 24.5 Å². The van der Waals surface area contributed by atoms with E-state index in [9.17, 15) is 4.79 Å². The third-order valence-electron chi connectivity index (χ3n) is 5.95. The monoisotopic (exact) mass is 424 g/mol. The van der Waals surface area contributed by atoms with Gasteiger partial charge >= 0.3 is 0 Å². The summed E-state index contributed by atoms with van der Waals surface area (Å²) in [4.78, 5) is 14.7. The van der Waals surface area contributed by atoms with Gasteiger partial charge in [0.05, 0.1) is 11.6 Å². The summed E-state index contributed by atoms with van der Waals surface area (Å²) in [5.74, 6) is 3.33. The predicted octanol–water partition coefficient (Wildman–Crippen LogP) is 3.41. The molecule has 1 aromatic carbocycles. The maximum absolute atomic E-state index is 12.8. The highest BCUT2D eigenvalue weighted by Gasteiger charge is 2.29. The summed E-state index contributed by atoms with van der Waals surface area (Å²) >= 11 is 0. The van der Waals surface area contributed by atoms with Crippen LogP contribution in [0.25, 0.3) is 11.5 Å². The van der Waals surface area contributed by atoms with Crippen molar-refractivity contribution in [2.24, 2.45) is 0 Å².